The first-order chi connectivity index (χ1) is 15.6. The SMILES string of the molecule is CN1Cc2cnc(C(=O)NC(CNC(=O)C(=O)Nc3ccc(Cl)cn3)C(=O)N(C)C)nc2C1. The summed E-state index contributed by atoms with van der Waals surface area (Å²) in [4.78, 5) is 65.0. The van der Waals surface area contributed by atoms with E-state index in [0.29, 0.717) is 18.1 Å². The summed E-state index contributed by atoms with van der Waals surface area (Å²) in [6.45, 7) is 0.960. The summed E-state index contributed by atoms with van der Waals surface area (Å²) < 4.78 is 0. The number of hydrogen-bond acceptors (Lipinski definition) is 8. The molecule has 1 unspecified atom stereocenters. The predicted octanol–water partition coefficient (Wildman–Crippen LogP) is -0.588. The van der Waals surface area contributed by atoms with Crippen LogP contribution in [0, 0.1) is 0 Å². The molecule has 0 spiro atoms. The van der Waals surface area contributed by atoms with E-state index in [1.165, 1.54) is 37.3 Å². The Bertz CT molecular complexity index is 1080. The number of carbonyl (C=O) groups is 4. The number of pyridine rings is 1. The fraction of sp³-hybridized carbons (Fsp3) is 0.350. The molecule has 13 heteroatoms. The second-order valence-electron chi connectivity index (χ2n) is 7.62. The van der Waals surface area contributed by atoms with Gasteiger partial charge in [-0.05, 0) is 19.2 Å². The Labute approximate surface area is 194 Å². The van der Waals surface area contributed by atoms with Crippen LogP contribution >= 0.6 is 11.6 Å². The van der Waals surface area contributed by atoms with Crippen molar-refractivity contribution in [2.45, 2.75) is 19.1 Å². The summed E-state index contributed by atoms with van der Waals surface area (Å²) in [6, 6.07) is 1.79. The van der Waals surface area contributed by atoms with Gasteiger partial charge in [-0.2, -0.15) is 0 Å². The van der Waals surface area contributed by atoms with Crippen LogP contribution in [0.5, 0.6) is 0 Å². The molecule has 12 nitrogen and oxygen atoms in total. The summed E-state index contributed by atoms with van der Waals surface area (Å²) in [6.07, 6.45) is 2.90. The number of aromatic nitrogens is 3. The minimum absolute atomic E-state index is 0.0847. The van der Waals surface area contributed by atoms with Gasteiger partial charge >= 0.3 is 11.8 Å². The van der Waals surface area contributed by atoms with Crippen molar-refractivity contribution < 1.29 is 19.2 Å². The molecule has 4 amide bonds. The first-order valence-corrected chi connectivity index (χ1v) is 10.3. The largest absolute Gasteiger partial charge is 0.347 e. The van der Waals surface area contributed by atoms with Crippen LogP contribution in [0.4, 0.5) is 5.82 Å². The van der Waals surface area contributed by atoms with E-state index < -0.39 is 29.7 Å². The lowest BCUT2D eigenvalue weighted by Crippen LogP contribution is -2.53. The maximum atomic E-state index is 12.7. The first kappa shape index (κ1) is 24.0. The Balaban J connectivity index is 1.62. The molecule has 174 valence electrons. The smallest absolute Gasteiger partial charge is 0.314 e. The summed E-state index contributed by atoms with van der Waals surface area (Å²) in [5.74, 6) is -3.10. The van der Waals surface area contributed by atoms with Gasteiger partial charge in [0.25, 0.3) is 5.91 Å². The van der Waals surface area contributed by atoms with Gasteiger partial charge in [0, 0.05) is 51.7 Å². The third kappa shape index (κ3) is 6.20. The number of carbonyl (C=O) groups excluding carboxylic acids is 4. The monoisotopic (exact) mass is 474 g/mol. The average molecular weight is 475 g/mol. The second kappa shape index (κ2) is 10.3. The van der Waals surface area contributed by atoms with Crippen LogP contribution in [0.15, 0.2) is 24.5 Å². The molecule has 3 rings (SSSR count). The molecule has 2 aromatic rings. The second-order valence-corrected chi connectivity index (χ2v) is 8.06. The van der Waals surface area contributed by atoms with Gasteiger partial charge in [0.15, 0.2) is 0 Å². The third-order valence-electron chi connectivity index (χ3n) is 4.70. The Morgan fingerprint density at radius 2 is 1.88 bits per heavy atom. The average Bonchev–Trinajstić information content (AvgIpc) is 3.16. The molecule has 0 bridgehead atoms. The molecule has 1 aliphatic rings. The highest BCUT2D eigenvalue weighted by molar-refractivity contribution is 6.39. The van der Waals surface area contributed by atoms with Crippen LogP contribution in [0.25, 0.3) is 0 Å². The number of anilines is 1. The van der Waals surface area contributed by atoms with E-state index in [1.807, 2.05) is 11.9 Å². The van der Waals surface area contributed by atoms with Gasteiger partial charge < -0.3 is 20.9 Å². The predicted molar refractivity (Wildman–Crippen MR) is 118 cm³/mol. The van der Waals surface area contributed by atoms with Crippen LogP contribution in [-0.4, -0.2) is 82.1 Å². The fourth-order valence-corrected chi connectivity index (χ4v) is 3.17. The number of likely N-dealkylation sites (N-methyl/N-ethyl adjacent to an activating group) is 1. The topological polar surface area (TPSA) is 150 Å². The van der Waals surface area contributed by atoms with Gasteiger partial charge in [-0.3, -0.25) is 24.1 Å². The minimum atomic E-state index is -1.14. The van der Waals surface area contributed by atoms with E-state index in [0.717, 1.165) is 11.3 Å². The normalized spacial score (nSPS) is 13.6. The fourth-order valence-electron chi connectivity index (χ4n) is 3.06. The first-order valence-electron chi connectivity index (χ1n) is 9.90. The van der Waals surface area contributed by atoms with Crippen molar-refractivity contribution in [3.8, 4) is 0 Å². The Hall–Kier alpha value is -3.64. The van der Waals surface area contributed by atoms with Gasteiger partial charge in [0.1, 0.15) is 11.9 Å². The van der Waals surface area contributed by atoms with Crippen molar-refractivity contribution in [3.05, 3.63) is 46.6 Å². The maximum absolute atomic E-state index is 12.7. The lowest BCUT2D eigenvalue weighted by molar-refractivity contribution is -0.136. The zero-order valence-corrected chi connectivity index (χ0v) is 19.0. The van der Waals surface area contributed by atoms with Crippen LogP contribution in [0.2, 0.25) is 5.02 Å². The van der Waals surface area contributed by atoms with Crippen molar-refractivity contribution in [2.75, 3.05) is 33.0 Å². The number of nitrogens with zero attached hydrogens (tertiary/aromatic N) is 5. The van der Waals surface area contributed by atoms with E-state index in [1.54, 1.807) is 6.20 Å². The minimum Gasteiger partial charge on any atom is -0.347 e. The standard InChI is InChI=1S/C20H23ClN8O4/c1-28(2)20(33)13(8-24-18(31)19(32)27-15-5-4-12(21)7-22-15)26-17(30)16-23-6-11-9-29(3)10-14(11)25-16/h4-7,13H,8-10H2,1-3H3,(H,24,31)(H,26,30)(H,22,27,32). The number of fused-ring (bicyclic) bond motifs is 1. The highest BCUT2D eigenvalue weighted by Gasteiger charge is 2.27. The van der Waals surface area contributed by atoms with E-state index >= 15 is 0 Å². The lowest BCUT2D eigenvalue weighted by Gasteiger charge is -2.21. The Morgan fingerprint density at radius 3 is 2.55 bits per heavy atom. The molecule has 3 heterocycles. The van der Waals surface area contributed by atoms with Gasteiger partial charge in [-0.1, -0.05) is 11.6 Å². The number of amides is 4. The molecule has 0 aromatic carbocycles. The molecule has 1 atom stereocenters. The molecule has 0 radical (unpaired) electrons. The van der Waals surface area contributed by atoms with Crippen LogP contribution < -0.4 is 16.0 Å². The van der Waals surface area contributed by atoms with Crippen molar-refractivity contribution >= 4 is 41.0 Å². The van der Waals surface area contributed by atoms with E-state index in [-0.39, 0.29) is 18.2 Å². The van der Waals surface area contributed by atoms with Gasteiger partial charge in [0.05, 0.1) is 10.7 Å². The number of nitrogens with one attached hydrogen (secondary N) is 3. The summed E-state index contributed by atoms with van der Waals surface area (Å²) in [5.41, 5.74) is 1.68. The highest BCUT2D eigenvalue weighted by Crippen LogP contribution is 2.18. The molecule has 0 aliphatic carbocycles. The molecule has 0 fully saturated rings. The van der Waals surface area contributed by atoms with Crippen LogP contribution in [0.3, 0.4) is 0 Å². The van der Waals surface area contributed by atoms with E-state index in [2.05, 4.69) is 30.9 Å². The van der Waals surface area contributed by atoms with Crippen LogP contribution in [-0.2, 0) is 27.5 Å². The van der Waals surface area contributed by atoms with Crippen molar-refractivity contribution in [1.82, 2.24) is 35.4 Å². The molecular formula is C20H23ClN8O4. The number of rotatable bonds is 6. The van der Waals surface area contributed by atoms with Crippen molar-refractivity contribution in [2.24, 2.45) is 0 Å². The number of halogens is 1. The molecule has 1 aliphatic heterocycles. The Kier molecular flexibility index (Phi) is 7.51. The quantitative estimate of drug-likeness (QED) is 0.470. The molecule has 33 heavy (non-hydrogen) atoms. The number of hydrogen-bond donors (Lipinski definition) is 3. The Morgan fingerprint density at radius 1 is 1.12 bits per heavy atom. The summed E-state index contributed by atoms with van der Waals surface area (Å²) in [5, 5.41) is 7.55. The lowest BCUT2D eigenvalue weighted by atomic mass is 10.2. The van der Waals surface area contributed by atoms with Gasteiger partial charge in [-0.25, -0.2) is 15.0 Å². The zero-order chi connectivity index (χ0) is 24.1. The maximum Gasteiger partial charge on any atom is 0.314 e. The molecule has 0 saturated heterocycles. The summed E-state index contributed by atoms with van der Waals surface area (Å²) in [7, 11) is 4.93. The third-order valence-corrected chi connectivity index (χ3v) is 4.93. The van der Waals surface area contributed by atoms with Crippen molar-refractivity contribution in [1.29, 1.82) is 0 Å². The van der Waals surface area contributed by atoms with E-state index in [4.69, 9.17) is 11.6 Å². The van der Waals surface area contributed by atoms with Gasteiger partial charge in [0.2, 0.25) is 11.7 Å². The van der Waals surface area contributed by atoms with Gasteiger partial charge in [-0.15, -0.1) is 0 Å². The summed E-state index contributed by atoms with van der Waals surface area (Å²) >= 11 is 5.73. The van der Waals surface area contributed by atoms with E-state index in [9.17, 15) is 19.2 Å². The van der Waals surface area contributed by atoms with Crippen LogP contribution in [0.1, 0.15) is 21.9 Å². The molecular weight excluding hydrogens is 452 g/mol. The molecule has 3 N–H and O–H groups in total. The molecule has 2 aromatic heterocycles. The molecule has 0 saturated carbocycles. The highest BCUT2D eigenvalue weighted by atomic mass is 35.5. The zero-order valence-electron chi connectivity index (χ0n) is 18.3. The van der Waals surface area contributed by atoms with Crippen molar-refractivity contribution in [3.63, 3.8) is 0 Å².